The van der Waals surface area contributed by atoms with Gasteiger partial charge in [0.05, 0.1) is 12.2 Å². The van der Waals surface area contributed by atoms with Crippen molar-refractivity contribution in [1.82, 2.24) is 0 Å². The van der Waals surface area contributed by atoms with Crippen LogP contribution in [0.5, 0.6) is 5.75 Å². The van der Waals surface area contributed by atoms with Crippen molar-refractivity contribution in [2.45, 2.75) is 26.7 Å². The molecular formula is C12H15FO2. The zero-order chi connectivity index (χ0) is 11.3. The number of ether oxygens (including phenoxy) is 1. The molecule has 0 amide bonds. The van der Waals surface area contributed by atoms with E-state index in [0.717, 1.165) is 6.42 Å². The lowest BCUT2D eigenvalue weighted by atomic mass is 10.1. The molecule has 0 heterocycles. The van der Waals surface area contributed by atoms with E-state index in [0.29, 0.717) is 18.8 Å². The zero-order valence-corrected chi connectivity index (χ0v) is 9.05. The summed E-state index contributed by atoms with van der Waals surface area (Å²) in [6.07, 6.45) is 1.09. The minimum absolute atomic E-state index is 0.128. The Morgan fingerprint density at radius 3 is 2.73 bits per heavy atom. The molecule has 0 unspecified atom stereocenters. The van der Waals surface area contributed by atoms with Crippen LogP contribution >= 0.6 is 0 Å². The predicted octanol–water partition coefficient (Wildman–Crippen LogP) is 3.21. The van der Waals surface area contributed by atoms with Gasteiger partial charge in [0.1, 0.15) is 11.6 Å². The Labute approximate surface area is 89.1 Å². The average Bonchev–Trinajstić information content (AvgIpc) is 2.21. The van der Waals surface area contributed by atoms with Crippen molar-refractivity contribution in [1.29, 1.82) is 0 Å². The van der Waals surface area contributed by atoms with Crippen molar-refractivity contribution < 1.29 is 13.9 Å². The molecule has 1 rings (SSSR count). The molecule has 3 heteroatoms. The van der Waals surface area contributed by atoms with Crippen LogP contribution in [0, 0.1) is 5.82 Å². The van der Waals surface area contributed by atoms with Gasteiger partial charge in [0, 0.05) is 6.42 Å². The summed E-state index contributed by atoms with van der Waals surface area (Å²) >= 11 is 0. The lowest BCUT2D eigenvalue weighted by Gasteiger charge is -2.06. The summed E-state index contributed by atoms with van der Waals surface area (Å²) in [5.74, 6) is -0.105. The van der Waals surface area contributed by atoms with E-state index in [4.69, 9.17) is 4.74 Å². The first-order valence-electron chi connectivity index (χ1n) is 5.14. The molecule has 0 radical (unpaired) electrons. The van der Waals surface area contributed by atoms with Crippen molar-refractivity contribution in [3.05, 3.63) is 29.6 Å². The molecule has 82 valence electrons. The smallest absolute Gasteiger partial charge is 0.165 e. The Balaban J connectivity index is 2.94. The molecule has 0 aliphatic heterocycles. The summed E-state index contributed by atoms with van der Waals surface area (Å²) in [4.78, 5) is 11.5. The maximum Gasteiger partial charge on any atom is 0.165 e. The summed E-state index contributed by atoms with van der Waals surface area (Å²) < 4.78 is 18.5. The average molecular weight is 210 g/mol. The quantitative estimate of drug-likeness (QED) is 0.697. The molecule has 0 aliphatic carbocycles. The number of rotatable bonds is 5. The van der Waals surface area contributed by atoms with Crippen LogP contribution in [0.2, 0.25) is 0 Å². The van der Waals surface area contributed by atoms with Gasteiger partial charge in [0.25, 0.3) is 0 Å². The summed E-state index contributed by atoms with van der Waals surface area (Å²) in [7, 11) is 0. The second-order valence-corrected chi connectivity index (χ2v) is 3.25. The molecule has 15 heavy (non-hydrogen) atoms. The van der Waals surface area contributed by atoms with Gasteiger partial charge in [-0.2, -0.15) is 0 Å². The Kier molecular flexibility index (Phi) is 4.28. The fraction of sp³-hybridized carbons (Fsp3) is 0.417. The van der Waals surface area contributed by atoms with Gasteiger partial charge in [-0.05, 0) is 31.5 Å². The number of ketones is 1. The fourth-order valence-corrected chi connectivity index (χ4v) is 1.34. The highest BCUT2D eigenvalue weighted by Gasteiger charge is 2.11. The normalized spacial score (nSPS) is 10.1. The summed E-state index contributed by atoms with van der Waals surface area (Å²) in [5.41, 5.74) is 0.128. The molecule has 0 aromatic heterocycles. The molecule has 1 aromatic rings. The predicted molar refractivity (Wildman–Crippen MR) is 56.8 cm³/mol. The molecule has 0 aliphatic rings. The van der Waals surface area contributed by atoms with Crippen LogP contribution in [0.3, 0.4) is 0 Å². The highest BCUT2D eigenvalue weighted by molar-refractivity contribution is 5.96. The van der Waals surface area contributed by atoms with Crippen LogP contribution in [0.15, 0.2) is 18.2 Å². The second-order valence-electron chi connectivity index (χ2n) is 3.25. The van der Waals surface area contributed by atoms with Crippen LogP contribution in [-0.4, -0.2) is 12.4 Å². The topological polar surface area (TPSA) is 26.3 Å². The molecule has 0 spiro atoms. The monoisotopic (exact) mass is 210 g/mol. The van der Waals surface area contributed by atoms with Crippen molar-refractivity contribution >= 4 is 5.78 Å². The third-order valence-corrected chi connectivity index (χ3v) is 2.03. The minimum Gasteiger partial charge on any atom is -0.494 e. The van der Waals surface area contributed by atoms with Gasteiger partial charge in [-0.25, -0.2) is 4.39 Å². The highest BCUT2D eigenvalue weighted by Crippen LogP contribution is 2.18. The minimum atomic E-state index is -0.475. The number of carbonyl (C=O) groups is 1. The van der Waals surface area contributed by atoms with E-state index in [-0.39, 0.29) is 11.3 Å². The standard InChI is InChI=1S/C12H15FO2/c1-3-5-12(14)10-8-9(15-4-2)6-7-11(10)13/h6-8H,3-5H2,1-2H3. The Morgan fingerprint density at radius 1 is 1.40 bits per heavy atom. The maximum absolute atomic E-state index is 13.3. The number of hydrogen-bond donors (Lipinski definition) is 0. The van der Waals surface area contributed by atoms with Crippen molar-refractivity contribution in [2.75, 3.05) is 6.61 Å². The molecule has 0 atom stereocenters. The SMILES string of the molecule is CCCC(=O)c1cc(OCC)ccc1F. The van der Waals surface area contributed by atoms with Crippen LogP contribution in [0.1, 0.15) is 37.0 Å². The molecular weight excluding hydrogens is 195 g/mol. The van der Waals surface area contributed by atoms with Gasteiger partial charge in [-0.3, -0.25) is 4.79 Å². The molecule has 0 fully saturated rings. The first-order valence-corrected chi connectivity index (χ1v) is 5.14. The molecule has 0 saturated heterocycles. The van der Waals surface area contributed by atoms with E-state index in [1.54, 1.807) is 0 Å². The van der Waals surface area contributed by atoms with Gasteiger partial charge < -0.3 is 4.74 Å². The summed E-state index contributed by atoms with van der Waals surface area (Å²) in [5, 5.41) is 0. The zero-order valence-electron chi connectivity index (χ0n) is 9.05. The second kappa shape index (κ2) is 5.49. The van der Waals surface area contributed by atoms with Gasteiger partial charge in [0.15, 0.2) is 5.78 Å². The lowest BCUT2D eigenvalue weighted by molar-refractivity contribution is 0.0977. The molecule has 0 saturated carbocycles. The third kappa shape index (κ3) is 3.05. The number of carbonyl (C=O) groups excluding carboxylic acids is 1. The van der Waals surface area contributed by atoms with Gasteiger partial charge >= 0.3 is 0 Å². The Hall–Kier alpha value is -1.38. The lowest BCUT2D eigenvalue weighted by Crippen LogP contribution is -2.03. The highest BCUT2D eigenvalue weighted by atomic mass is 19.1. The third-order valence-electron chi connectivity index (χ3n) is 2.03. The van der Waals surface area contributed by atoms with Crippen LogP contribution < -0.4 is 4.74 Å². The van der Waals surface area contributed by atoms with Crippen LogP contribution in [-0.2, 0) is 0 Å². The van der Waals surface area contributed by atoms with Crippen molar-refractivity contribution in [3.63, 3.8) is 0 Å². The number of hydrogen-bond acceptors (Lipinski definition) is 2. The Morgan fingerprint density at radius 2 is 2.13 bits per heavy atom. The summed E-state index contributed by atoms with van der Waals surface area (Å²) in [6, 6.07) is 4.27. The first kappa shape index (κ1) is 11.7. The van der Waals surface area contributed by atoms with Gasteiger partial charge in [-0.15, -0.1) is 0 Å². The van der Waals surface area contributed by atoms with Crippen molar-refractivity contribution in [3.8, 4) is 5.75 Å². The van der Waals surface area contributed by atoms with Crippen molar-refractivity contribution in [2.24, 2.45) is 0 Å². The molecule has 0 bridgehead atoms. The van der Waals surface area contributed by atoms with E-state index in [1.807, 2.05) is 13.8 Å². The van der Waals surface area contributed by atoms with Crippen LogP contribution in [0.25, 0.3) is 0 Å². The van der Waals surface area contributed by atoms with E-state index < -0.39 is 5.82 Å². The van der Waals surface area contributed by atoms with Gasteiger partial charge in [0.2, 0.25) is 0 Å². The molecule has 2 nitrogen and oxygen atoms in total. The van der Waals surface area contributed by atoms with E-state index in [2.05, 4.69) is 0 Å². The van der Waals surface area contributed by atoms with E-state index >= 15 is 0 Å². The van der Waals surface area contributed by atoms with E-state index in [1.165, 1.54) is 18.2 Å². The Bertz CT molecular complexity index is 347. The fourth-order valence-electron chi connectivity index (χ4n) is 1.34. The number of Topliss-reactive ketones (excluding diaryl/α,β-unsaturated/α-hetero) is 1. The largest absolute Gasteiger partial charge is 0.494 e. The number of halogens is 1. The van der Waals surface area contributed by atoms with Crippen LogP contribution in [0.4, 0.5) is 4.39 Å². The molecule has 1 aromatic carbocycles. The number of benzene rings is 1. The molecule has 0 N–H and O–H groups in total. The first-order chi connectivity index (χ1) is 7.19. The van der Waals surface area contributed by atoms with E-state index in [9.17, 15) is 9.18 Å². The summed E-state index contributed by atoms with van der Waals surface area (Å²) in [6.45, 7) is 4.24. The van der Waals surface area contributed by atoms with Gasteiger partial charge in [-0.1, -0.05) is 6.92 Å². The maximum atomic E-state index is 13.3.